The number of rotatable bonds is 3. The van der Waals surface area contributed by atoms with Gasteiger partial charge in [-0.1, -0.05) is 12.1 Å². The number of aliphatic hydroxyl groups is 1. The van der Waals surface area contributed by atoms with Gasteiger partial charge in [0.05, 0.1) is 12.7 Å². The van der Waals surface area contributed by atoms with E-state index in [1.807, 2.05) is 4.90 Å². The molecule has 7 heteroatoms. The number of carbonyl (C=O) groups excluding carboxylic acids is 1. The molecule has 2 aliphatic heterocycles. The van der Waals surface area contributed by atoms with Crippen LogP contribution in [0.15, 0.2) is 24.3 Å². The number of aliphatic hydroxyl groups excluding tert-OH is 1. The molecule has 2 unspecified atom stereocenters. The monoisotopic (exact) mass is 358 g/mol. The number of nitrogens with zero attached hydrogens (tertiary/aromatic N) is 1. The van der Waals surface area contributed by atoms with Crippen molar-refractivity contribution < 1.29 is 19.0 Å². The Hall–Kier alpha value is -1.21. The molecule has 0 aliphatic carbocycles. The van der Waals surface area contributed by atoms with E-state index in [1.165, 1.54) is 12.1 Å². The van der Waals surface area contributed by atoms with Gasteiger partial charge in [-0.3, -0.25) is 4.79 Å². The average Bonchev–Trinajstić information content (AvgIpc) is 2.62. The number of nitrogens with one attached hydrogen (secondary N) is 1. The second-order valence-corrected chi connectivity index (χ2v) is 6.22. The zero-order chi connectivity index (χ0) is 16.2. The van der Waals surface area contributed by atoms with Crippen molar-refractivity contribution in [1.29, 1.82) is 0 Å². The molecule has 2 heterocycles. The largest absolute Gasteiger partial charge is 0.388 e. The molecule has 1 amide bonds. The number of likely N-dealkylation sites (tertiary alicyclic amines) is 1. The smallest absolute Gasteiger partial charge is 0.253 e. The summed E-state index contributed by atoms with van der Waals surface area (Å²) in [4.78, 5) is 14.2. The topological polar surface area (TPSA) is 61.8 Å². The van der Waals surface area contributed by atoms with Crippen LogP contribution in [0.4, 0.5) is 4.39 Å². The number of halogens is 2. The van der Waals surface area contributed by atoms with E-state index >= 15 is 0 Å². The standard InChI is InChI=1S/C17H23FN2O3.ClH/c18-14-3-1-12(2-4-14)16(21)13-5-8-20(9-6-13)17(22)15-11-19-7-10-23-15;/h1-4,13,15-16,19,21H,5-11H2;1H. The van der Waals surface area contributed by atoms with Crippen molar-refractivity contribution in [2.75, 3.05) is 32.8 Å². The third-order valence-corrected chi connectivity index (χ3v) is 4.71. The second kappa shape index (κ2) is 8.76. The molecule has 1 aromatic rings. The number of hydrogen-bond donors (Lipinski definition) is 2. The first-order valence-corrected chi connectivity index (χ1v) is 8.20. The minimum absolute atomic E-state index is 0. The number of benzene rings is 1. The van der Waals surface area contributed by atoms with Crippen LogP contribution >= 0.6 is 12.4 Å². The normalized spacial score (nSPS) is 23.4. The van der Waals surface area contributed by atoms with Crippen molar-refractivity contribution >= 4 is 18.3 Å². The number of morpholine rings is 1. The lowest BCUT2D eigenvalue weighted by Gasteiger charge is -2.36. The van der Waals surface area contributed by atoms with Crippen molar-refractivity contribution in [3.05, 3.63) is 35.6 Å². The molecule has 2 saturated heterocycles. The highest BCUT2D eigenvalue weighted by atomic mass is 35.5. The van der Waals surface area contributed by atoms with Crippen LogP contribution in [0, 0.1) is 11.7 Å². The van der Waals surface area contributed by atoms with Crippen molar-refractivity contribution in [2.45, 2.75) is 25.0 Å². The summed E-state index contributed by atoms with van der Waals surface area (Å²) >= 11 is 0. The van der Waals surface area contributed by atoms with Crippen LogP contribution in [0.25, 0.3) is 0 Å². The summed E-state index contributed by atoms with van der Waals surface area (Å²) in [7, 11) is 0. The SMILES string of the molecule is Cl.O=C(C1CNCCO1)N1CCC(C(O)c2ccc(F)cc2)CC1. The van der Waals surface area contributed by atoms with Gasteiger partial charge in [0.25, 0.3) is 5.91 Å². The number of carbonyl (C=O) groups is 1. The maximum Gasteiger partial charge on any atom is 0.253 e. The zero-order valence-corrected chi connectivity index (χ0v) is 14.3. The Morgan fingerprint density at radius 3 is 2.54 bits per heavy atom. The van der Waals surface area contributed by atoms with Gasteiger partial charge in [0.2, 0.25) is 0 Å². The Kier molecular flexibility index (Phi) is 6.98. The predicted molar refractivity (Wildman–Crippen MR) is 90.5 cm³/mol. The Morgan fingerprint density at radius 2 is 1.96 bits per heavy atom. The summed E-state index contributed by atoms with van der Waals surface area (Å²) in [5, 5.41) is 13.6. The first-order chi connectivity index (χ1) is 11.1. The molecule has 0 spiro atoms. The van der Waals surface area contributed by atoms with Crippen molar-refractivity contribution in [3.8, 4) is 0 Å². The molecule has 0 bridgehead atoms. The molecule has 134 valence electrons. The molecule has 0 saturated carbocycles. The molecule has 2 fully saturated rings. The van der Waals surface area contributed by atoms with Crippen LogP contribution in [-0.2, 0) is 9.53 Å². The summed E-state index contributed by atoms with van der Waals surface area (Å²) in [6.45, 7) is 3.17. The summed E-state index contributed by atoms with van der Waals surface area (Å²) in [6.07, 6.45) is 0.484. The van der Waals surface area contributed by atoms with E-state index in [9.17, 15) is 14.3 Å². The molecule has 24 heavy (non-hydrogen) atoms. The van der Waals surface area contributed by atoms with Crippen molar-refractivity contribution in [2.24, 2.45) is 5.92 Å². The van der Waals surface area contributed by atoms with Crippen LogP contribution in [-0.4, -0.2) is 54.8 Å². The van der Waals surface area contributed by atoms with Crippen molar-refractivity contribution in [1.82, 2.24) is 10.2 Å². The van der Waals surface area contributed by atoms with Crippen molar-refractivity contribution in [3.63, 3.8) is 0 Å². The van der Waals surface area contributed by atoms with Gasteiger partial charge in [0.1, 0.15) is 11.9 Å². The number of ether oxygens (including phenoxy) is 1. The summed E-state index contributed by atoms with van der Waals surface area (Å²) in [5.74, 6) is -0.177. The third-order valence-electron chi connectivity index (χ3n) is 4.71. The van der Waals surface area contributed by atoms with E-state index in [0.717, 1.165) is 24.9 Å². The fourth-order valence-corrected chi connectivity index (χ4v) is 3.30. The van der Waals surface area contributed by atoms with Crippen LogP contribution in [0.2, 0.25) is 0 Å². The second-order valence-electron chi connectivity index (χ2n) is 6.22. The van der Waals surface area contributed by atoms with E-state index in [0.29, 0.717) is 26.2 Å². The van der Waals surface area contributed by atoms with Gasteiger partial charge in [-0.15, -0.1) is 12.4 Å². The lowest BCUT2D eigenvalue weighted by molar-refractivity contribution is -0.147. The first-order valence-electron chi connectivity index (χ1n) is 8.20. The van der Waals surface area contributed by atoms with Crippen LogP contribution < -0.4 is 5.32 Å². The zero-order valence-electron chi connectivity index (χ0n) is 13.5. The highest BCUT2D eigenvalue weighted by molar-refractivity contribution is 5.85. The molecular weight excluding hydrogens is 335 g/mol. The summed E-state index contributed by atoms with van der Waals surface area (Å²) in [5.41, 5.74) is 0.732. The van der Waals surface area contributed by atoms with E-state index in [2.05, 4.69) is 5.32 Å². The van der Waals surface area contributed by atoms with Crippen LogP contribution in [0.5, 0.6) is 0 Å². The molecule has 0 radical (unpaired) electrons. The van der Waals surface area contributed by atoms with E-state index in [4.69, 9.17) is 4.74 Å². The molecule has 2 N–H and O–H groups in total. The quantitative estimate of drug-likeness (QED) is 0.859. The average molecular weight is 359 g/mol. The van der Waals surface area contributed by atoms with Crippen LogP contribution in [0.3, 0.4) is 0 Å². The molecule has 5 nitrogen and oxygen atoms in total. The van der Waals surface area contributed by atoms with Gasteiger partial charge >= 0.3 is 0 Å². The highest BCUT2D eigenvalue weighted by Crippen LogP contribution is 2.31. The first kappa shape index (κ1) is 19.1. The lowest BCUT2D eigenvalue weighted by atomic mass is 9.87. The van der Waals surface area contributed by atoms with Gasteiger partial charge in [-0.2, -0.15) is 0 Å². The van der Waals surface area contributed by atoms with E-state index < -0.39 is 6.10 Å². The van der Waals surface area contributed by atoms with Crippen LogP contribution in [0.1, 0.15) is 24.5 Å². The Bertz CT molecular complexity index is 529. The van der Waals surface area contributed by atoms with Gasteiger partial charge in [0.15, 0.2) is 0 Å². The Labute approximate surface area is 147 Å². The van der Waals surface area contributed by atoms with Gasteiger partial charge in [-0.25, -0.2) is 4.39 Å². The fraction of sp³-hybridized carbons (Fsp3) is 0.588. The number of hydrogen-bond acceptors (Lipinski definition) is 4. The summed E-state index contributed by atoms with van der Waals surface area (Å²) in [6, 6.07) is 5.98. The third kappa shape index (κ3) is 4.45. The molecule has 2 atom stereocenters. The number of amides is 1. The molecule has 0 aromatic heterocycles. The van der Waals surface area contributed by atoms with E-state index in [-0.39, 0.29) is 36.2 Å². The predicted octanol–water partition coefficient (Wildman–Crippen LogP) is 1.51. The minimum Gasteiger partial charge on any atom is -0.388 e. The number of piperidine rings is 1. The lowest BCUT2D eigenvalue weighted by Crippen LogP contribution is -2.51. The molecule has 3 rings (SSSR count). The van der Waals surface area contributed by atoms with Gasteiger partial charge in [0, 0.05) is 26.2 Å². The maximum absolute atomic E-state index is 13.0. The highest BCUT2D eigenvalue weighted by Gasteiger charge is 2.32. The molecular formula is C17H24ClFN2O3. The maximum atomic E-state index is 13.0. The van der Waals surface area contributed by atoms with Gasteiger partial charge < -0.3 is 20.1 Å². The fourth-order valence-electron chi connectivity index (χ4n) is 3.30. The van der Waals surface area contributed by atoms with E-state index in [1.54, 1.807) is 12.1 Å². The Morgan fingerprint density at radius 1 is 1.29 bits per heavy atom. The molecule has 1 aromatic carbocycles. The Balaban J connectivity index is 0.00000208. The molecule has 2 aliphatic rings. The van der Waals surface area contributed by atoms with Gasteiger partial charge in [-0.05, 0) is 36.5 Å². The minimum atomic E-state index is -0.611. The summed E-state index contributed by atoms with van der Waals surface area (Å²) < 4.78 is 18.5.